The van der Waals surface area contributed by atoms with E-state index in [0.717, 1.165) is 12.1 Å². The third kappa shape index (κ3) is 1.53. The van der Waals surface area contributed by atoms with Crippen LogP contribution >= 0.6 is 0 Å². The monoisotopic (exact) mass is 216 g/mol. The standard InChI is InChI=1S/C11H11F3O/c1-6(15)11(2-3-11)7-4-8(12)10(14)9(13)5-7/h4-6,15H,2-3H2,1H3. The second-order valence-corrected chi connectivity index (χ2v) is 4.09. The molecule has 0 radical (unpaired) electrons. The number of aliphatic hydroxyl groups is 1. The van der Waals surface area contributed by atoms with Crippen molar-refractivity contribution in [3.8, 4) is 0 Å². The largest absolute Gasteiger partial charge is 0.392 e. The summed E-state index contributed by atoms with van der Waals surface area (Å²) in [6, 6.07) is 1.94. The van der Waals surface area contributed by atoms with Crippen LogP contribution in [0.1, 0.15) is 25.3 Å². The smallest absolute Gasteiger partial charge is 0.194 e. The van der Waals surface area contributed by atoms with Crippen molar-refractivity contribution >= 4 is 0 Å². The number of aliphatic hydroxyl groups excluding tert-OH is 1. The Labute approximate surface area is 85.5 Å². The summed E-state index contributed by atoms with van der Waals surface area (Å²) in [6.07, 6.45) is 0.673. The molecule has 82 valence electrons. The zero-order valence-corrected chi connectivity index (χ0v) is 8.23. The summed E-state index contributed by atoms with van der Waals surface area (Å²) in [7, 11) is 0. The maximum absolute atomic E-state index is 13.0. The van der Waals surface area contributed by atoms with E-state index in [0.29, 0.717) is 18.4 Å². The van der Waals surface area contributed by atoms with Crippen LogP contribution in [0.2, 0.25) is 0 Å². The van der Waals surface area contributed by atoms with Crippen molar-refractivity contribution in [3.05, 3.63) is 35.1 Å². The summed E-state index contributed by atoms with van der Waals surface area (Å²) >= 11 is 0. The predicted octanol–water partition coefficient (Wildman–Crippen LogP) is 2.52. The van der Waals surface area contributed by atoms with Crippen molar-refractivity contribution < 1.29 is 18.3 Å². The Hall–Kier alpha value is -1.03. The molecule has 1 unspecified atom stereocenters. The molecular formula is C11H11F3O. The Morgan fingerprint density at radius 1 is 1.20 bits per heavy atom. The lowest BCUT2D eigenvalue weighted by atomic mass is 9.90. The number of hydrogen-bond donors (Lipinski definition) is 1. The highest BCUT2D eigenvalue weighted by molar-refractivity contribution is 5.34. The van der Waals surface area contributed by atoms with Gasteiger partial charge in [0, 0.05) is 5.41 Å². The molecule has 0 heterocycles. The molecule has 15 heavy (non-hydrogen) atoms. The normalized spacial score (nSPS) is 20.1. The van der Waals surface area contributed by atoms with Crippen LogP contribution in [0.25, 0.3) is 0 Å². The van der Waals surface area contributed by atoms with Gasteiger partial charge in [0.25, 0.3) is 0 Å². The van der Waals surface area contributed by atoms with Gasteiger partial charge in [-0.2, -0.15) is 0 Å². The summed E-state index contributed by atoms with van der Waals surface area (Å²) in [4.78, 5) is 0. The van der Waals surface area contributed by atoms with E-state index in [-0.39, 0.29) is 0 Å². The maximum Gasteiger partial charge on any atom is 0.194 e. The number of hydrogen-bond acceptors (Lipinski definition) is 1. The van der Waals surface area contributed by atoms with Crippen molar-refractivity contribution in [1.82, 2.24) is 0 Å². The highest BCUT2D eigenvalue weighted by Crippen LogP contribution is 2.51. The fourth-order valence-electron chi connectivity index (χ4n) is 1.93. The zero-order valence-electron chi connectivity index (χ0n) is 8.23. The Kier molecular flexibility index (Phi) is 2.26. The number of benzene rings is 1. The van der Waals surface area contributed by atoms with Crippen molar-refractivity contribution in [2.45, 2.75) is 31.3 Å². The van der Waals surface area contributed by atoms with Crippen LogP contribution in [0.15, 0.2) is 12.1 Å². The highest BCUT2D eigenvalue weighted by atomic mass is 19.2. The molecule has 1 atom stereocenters. The molecule has 1 nitrogen and oxygen atoms in total. The summed E-state index contributed by atoms with van der Waals surface area (Å²) in [5.74, 6) is -3.85. The van der Waals surface area contributed by atoms with Gasteiger partial charge in [-0.1, -0.05) is 0 Å². The summed E-state index contributed by atoms with van der Waals surface area (Å²) in [5, 5.41) is 9.51. The Morgan fingerprint density at radius 3 is 2.00 bits per heavy atom. The minimum atomic E-state index is -1.46. The van der Waals surface area contributed by atoms with Gasteiger partial charge in [-0.15, -0.1) is 0 Å². The fourth-order valence-corrected chi connectivity index (χ4v) is 1.93. The van der Waals surface area contributed by atoms with E-state index in [4.69, 9.17) is 0 Å². The van der Waals surface area contributed by atoms with Gasteiger partial charge in [0.05, 0.1) is 6.10 Å². The van der Waals surface area contributed by atoms with Crippen LogP contribution in [0, 0.1) is 17.5 Å². The number of halogens is 3. The third-order valence-corrected chi connectivity index (χ3v) is 3.15. The quantitative estimate of drug-likeness (QED) is 0.753. The molecule has 0 saturated heterocycles. The van der Waals surface area contributed by atoms with E-state index in [1.54, 1.807) is 6.92 Å². The number of rotatable bonds is 2. The SMILES string of the molecule is CC(O)C1(c2cc(F)c(F)c(F)c2)CC1. The zero-order chi connectivity index (χ0) is 11.2. The van der Waals surface area contributed by atoms with Gasteiger partial charge in [0.15, 0.2) is 17.5 Å². The lowest BCUT2D eigenvalue weighted by Crippen LogP contribution is -2.23. The lowest BCUT2D eigenvalue weighted by Gasteiger charge is -2.19. The Morgan fingerprint density at radius 2 is 1.67 bits per heavy atom. The van der Waals surface area contributed by atoms with Gasteiger partial charge < -0.3 is 5.11 Å². The topological polar surface area (TPSA) is 20.2 Å². The van der Waals surface area contributed by atoms with Crippen LogP contribution < -0.4 is 0 Å². The van der Waals surface area contributed by atoms with Crippen LogP contribution in [0.4, 0.5) is 13.2 Å². The van der Waals surface area contributed by atoms with Crippen LogP contribution in [0.5, 0.6) is 0 Å². The van der Waals surface area contributed by atoms with Crippen molar-refractivity contribution in [2.24, 2.45) is 0 Å². The predicted molar refractivity (Wildman–Crippen MR) is 48.9 cm³/mol. The first-order chi connectivity index (χ1) is 6.97. The van der Waals surface area contributed by atoms with Crippen molar-refractivity contribution in [2.75, 3.05) is 0 Å². The molecule has 0 aromatic heterocycles. The molecule has 1 aliphatic rings. The molecule has 0 spiro atoms. The van der Waals surface area contributed by atoms with E-state index in [2.05, 4.69) is 0 Å². The van der Waals surface area contributed by atoms with E-state index in [1.807, 2.05) is 0 Å². The molecule has 0 bridgehead atoms. The first-order valence-electron chi connectivity index (χ1n) is 4.80. The Bertz CT molecular complexity index is 374. The minimum Gasteiger partial charge on any atom is -0.392 e. The minimum absolute atomic E-state index is 0.342. The first kappa shape index (κ1) is 10.5. The molecule has 4 heteroatoms. The van der Waals surface area contributed by atoms with Gasteiger partial charge in [0.1, 0.15) is 0 Å². The third-order valence-electron chi connectivity index (χ3n) is 3.15. The molecule has 0 amide bonds. The lowest BCUT2D eigenvalue weighted by molar-refractivity contribution is 0.150. The maximum atomic E-state index is 13.0. The van der Waals surface area contributed by atoms with Gasteiger partial charge in [0.2, 0.25) is 0 Å². The first-order valence-corrected chi connectivity index (χ1v) is 4.80. The van der Waals surface area contributed by atoms with Gasteiger partial charge in [-0.25, -0.2) is 13.2 Å². The second kappa shape index (κ2) is 3.23. The summed E-state index contributed by atoms with van der Waals surface area (Å²) in [6.45, 7) is 1.58. The molecule has 1 aromatic carbocycles. The van der Waals surface area contributed by atoms with E-state index >= 15 is 0 Å². The average molecular weight is 216 g/mol. The summed E-state index contributed by atoms with van der Waals surface area (Å²) < 4.78 is 38.6. The Balaban J connectivity index is 2.47. The van der Waals surface area contributed by atoms with E-state index in [1.165, 1.54) is 0 Å². The van der Waals surface area contributed by atoms with Crippen molar-refractivity contribution in [1.29, 1.82) is 0 Å². The van der Waals surface area contributed by atoms with Crippen LogP contribution in [-0.4, -0.2) is 11.2 Å². The molecule has 2 rings (SSSR count). The molecule has 1 aliphatic carbocycles. The molecule has 0 aliphatic heterocycles. The average Bonchev–Trinajstić information content (AvgIpc) is 2.93. The van der Waals surface area contributed by atoms with Gasteiger partial charge in [-0.3, -0.25) is 0 Å². The van der Waals surface area contributed by atoms with Crippen LogP contribution in [-0.2, 0) is 5.41 Å². The highest BCUT2D eigenvalue weighted by Gasteiger charge is 2.49. The van der Waals surface area contributed by atoms with Gasteiger partial charge >= 0.3 is 0 Å². The van der Waals surface area contributed by atoms with Crippen LogP contribution in [0.3, 0.4) is 0 Å². The summed E-state index contributed by atoms with van der Waals surface area (Å²) in [5.41, 5.74) is -0.232. The molecular weight excluding hydrogens is 205 g/mol. The van der Waals surface area contributed by atoms with E-state index in [9.17, 15) is 18.3 Å². The van der Waals surface area contributed by atoms with E-state index < -0.39 is 29.0 Å². The van der Waals surface area contributed by atoms with Gasteiger partial charge in [-0.05, 0) is 37.5 Å². The fraction of sp³-hybridized carbons (Fsp3) is 0.455. The van der Waals surface area contributed by atoms with Crippen molar-refractivity contribution in [3.63, 3.8) is 0 Å². The molecule has 1 fully saturated rings. The molecule has 1 saturated carbocycles. The second-order valence-electron chi connectivity index (χ2n) is 4.09. The molecule has 1 aromatic rings. The molecule has 1 N–H and O–H groups in total.